The van der Waals surface area contributed by atoms with E-state index in [1.54, 1.807) is 36.5 Å². The molecule has 1 aromatic heterocycles. The molecule has 0 bridgehead atoms. The van der Waals surface area contributed by atoms with E-state index in [0.717, 1.165) is 12.8 Å². The summed E-state index contributed by atoms with van der Waals surface area (Å²) in [5.74, 6) is 0.251. The number of piperazine rings is 1. The van der Waals surface area contributed by atoms with Gasteiger partial charge in [-0.25, -0.2) is 0 Å². The number of nitro benzene ring substituents is 1. The fourth-order valence-electron chi connectivity index (χ4n) is 4.61. The van der Waals surface area contributed by atoms with Gasteiger partial charge < -0.3 is 14.4 Å². The number of methoxy groups -OCH3 is 1. The molecule has 1 aliphatic carbocycles. The lowest BCUT2D eigenvalue weighted by Gasteiger charge is -2.35. The number of rotatable bonds is 11. The van der Waals surface area contributed by atoms with Crippen LogP contribution in [0.3, 0.4) is 0 Å². The van der Waals surface area contributed by atoms with Gasteiger partial charge in [0, 0.05) is 49.2 Å². The van der Waals surface area contributed by atoms with Crippen LogP contribution in [0.25, 0.3) is 5.69 Å². The summed E-state index contributed by atoms with van der Waals surface area (Å²) in [7, 11) is -2.57. The van der Waals surface area contributed by atoms with Crippen LogP contribution < -0.4 is 24.7 Å². The Bertz CT molecular complexity index is 1650. The van der Waals surface area contributed by atoms with E-state index in [4.69, 9.17) is 21.1 Å². The third-order valence-electron chi connectivity index (χ3n) is 7.45. The first-order valence-electron chi connectivity index (χ1n) is 13.3. The topological polar surface area (TPSA) is 149 Å². The molecule has 2 fully saturated rings. The molecular weight excluding hydrogens is 588 g/mol. The molecule has 2 heterocycles. The highest BCUT2D eigenvalue weighted by Gasteiger charge is 2.39. The maximum absolute atomic E-state index is 13.6. The number of benzene rings is 2. The van der Waals surface area contributed by atoms with Crippen molar-refractivity contribution in [2.75, 3.05) is 44.8 Å². The SMILES string of the molecule is COc1ccc(CNS(=O)(=O)N2CCN(c3cnn(-c4cccc(Cl)c4)c(=O)c3OCC3(C)CC3)CC2)cc1[N+](=O)[O-]. The van der Waals surface area contributed by atoms with Crippen molar-refractivity contribution >= 4 is 33.2 Å². The molecule has 0 atom stereocenters. The number of hydrogen-bond acceptors (Lipinski definition) is 9. The largest absolute Gasteiger partial charge is 0.490 e. The normalized spacial score (nSPS) is 16.7. The molecule has 0 amide bonds. The van der Waals surface area contributed by atoms with Crippen molar-refractivity contribution < 1.29 is 22.8 Å². The van der Waals surface area contributed by atoms with Crippen LogP contribution >= 0.6 is 11.6 Å². The van der Waals surface area contributed by atoms with Gasteiger partial charge in [0.25, 0.3) is 10.2 Å². The van der Waals surface area contributed by atoms with Gasteiger partial charge in [0.2, 0.25) is 5.75 Å². The van der Waals surface area contributed by atoms with E-state index < -0.39 is 20.7 Å². The molecule has 15 heteroatoms. The zero-order valence-electron chi connectivity index (χ0n) is 23.2. The quantitative estimate of drug-likeness (QED) is 0.253. The van der Waals surface area contributed by atoms with Gasteiger partial charge in [0.15, 0.2) is 5.75 Å². The molecule has 42 heavy (non-hydrogen) atoms. The van der Waals surface area contributed by atoms with Crippen LogP contribution in [0.1, 0.15) is 25.3 Å². The molecule has 3 aromatic rings. The minimum atomic E-state index is -3.89. The molecule has 1 saturated heterocycles. The van der Waals surface area contributed by atoms with Gasteiger partial charge in [-0.2, -0.15) is 27.2 Å². The third-order valence-corrected chi connectivity index (χ3v) is 9.24. The summed E-state index contributed by atoms with van der Waals surface area (Å²) >= 11 is 6.14. The Hall–Kier alpha value is -3.72. The molecular formula is C27H31ClN6O7S. The van der Waals surface area contributed by atoms with E-state index in [2.05, 4.69) is 16.7 Å². The average Bonchev–Trinajstić information content (AvgIpc) is 3.72. The molecule has 1 N–H and O–H groups in total. The fraction of sp³-hybridized carbons (Fsp3) is 0.407. The number of nitrogens with one attached hydrogen (secondary N) is 1. The van der Waals surface area contributed by atoms with Gasteiger partial charge in [0.05, 0.1) is 30.5 Å². The van der Waals surface area contributed by atoms with Crippen LogP contribution in [0.5, 0.6) is 11.5 Å². The number of anilines is 1. The van der Waals surface area contributed by atoms with Crippen LogP contribution in [-0.2, 0) is 16.8 Å². The maximum Gasteiger partial charge on any atom is 0.316 e. The van der Waals surface area contributed by atoms with Crippen molar-refractivity contribution in [1.29, 1.82) is 0 Å². The van der Waals surface area contributed by atoms with E-state index in [-0.39, 0.29) is 42.2 Å². The average molecular weight is 619 g/mol. The van der Waals surface area contributed by atoms with Gasteiger partial charge >= 0.3 is 11.2 Å². The van der Waals surface area contributed by atoms with Gasteiger partial charge in [0.1, 0.15) is 5.69 Å². The van der Waals surface area contributed by atoms with Crippen molar-refractivity contribution in [2.24, 2.45) is 5.41 Å². The Morgan fingerprint density at radius 1 is 1.14 bits per heavy atom. The number of ether oxygens (including phenoxy) is 2. The second-order valence-electron chi connectivity index (χ2n) is 10.6. The lowest BCUT2D eigenvalue weighted by atomic mass is 10.2. The highest BCUT2D eigenvalue weighted by atomic mass is 35.5. The zero-order valence-corrected chi connectivity index (χ0v) is 24.7. The molecule has 1 aliphatic heterocycles. The number of halogens is 1. The standard InChI is InChI=1S/C27H31ClN6O7S/c1-27(8-9-27)18-41-25-23(17-29-33(26(25)35)21-5-3-4-20(28)15-21)31-10-12-32(13-11-31)42(38,39)30-16-19-6-7-24(40-2)22(14-19)34(36)37/h3-7,14-15,17,30H,8-13,16,18H2,1-2H3. The Morgan fingerprint density at radius 2 is 1.88 bits per heavy atom. The maximum atomic E-state index is 13.6. The summed E-state index contributed by atoms with van der Waals surface area (Å²) in [5, 5.41) is 16.1. The van der Waals surface area contributed by atoms with Gasteiger partial charge in [-0.15, -0.1) is 0 Å². The summed E-state index contributed by atoms with van der Waals surface area (Å²) in [6.45, 7) is 3.24. The van der Waals surface area contributed by atoms with E-state index in [0.29, 0.717) is 41.7 Å². The summed E-state index contributed by atoms with van der Waals surface area (Å²) in [4.78, 5) is 26.2. The van der Waals surface area contributed by atoms with E-state index >= 15 is 0 Å². The summed E-state index contributed by atoms with van der Waals surface area (Å²) in [6.07, 6.45) is 3.60. The molecule has 5 rings (SSSR count). The molecule has 1 saturated carbocycles. The second-order valence-corrected chi connectivity index (χ2v) is 12.8. The van der Waals surface area contributed by atoms with Crippen molar-refractivity contribution in [2.45, 2.75) is 26.3 Å². The Balaban J connectivity index is 1.30. The first kappa shape index (κ1) is 29.8. The summed E-state index contributed by atoms with van der Waals surface area (Å²) < 4.78 is 42.3. The van der Waals surface area contributed by atoms with Gasteiger partial charge in [-0.1, -0.05) is 30.7 Å². The molecule has 2 aliphatic rings. The number of hydrogen-bond donors (Lipinski definition) is 1. The first-order chi connectivity index (χ1) is 20.0. The predicted molar refractivity (Wildman–Crippen MR) is 157 cm³/mol. The Labute approximate surface area is 247 Å². The van der Waals surface area contributed by atoms with Crippen LogP contribution in [-0.4, -0.2) is 67.3 Å². The Kier molecular flexibility index (Phi) is 8.42. The molecule has 13 nitrogen and oxygen atoms in total. The highest BCUT2D eigenvalue weighted by Crippen LogP contribution is 2.45. The van der Waals surface area contributed by atoms with E-state index in [1.165, 1.54) is 28.2 Å². The van der Waals surface area contributed by atoms with Crippen LogP contribution in [0.4, 0.5) is 11.4 Å². The molecule has 0 unspecified atom stereocenters. The molecule has 224 valence electrons. The number of aromatic nitrogens is 2. The smallest absolute Gasteiger partial charge is 0.316 e. The first-order valence-corrected chi connectivity index (χ1v) is 15.1. The lowest BCUT2D eigenvalue weighted by Crippen LogP contribution is -2.52. The van der Waals surface area contributed by atoms with Crippen molar-refractivity contribution in [3.05, 3.63) is 79.7 Å². The summed E-state index contributed by atoms with van der Waals surface area (Å²) in [5.41, 5.74) is 0.772. The van der Waals surface area contributed by atoms with Crippen LogP contribution in [0.15, 0.2) is 53.5 Å². The van der Waals surface area contributed by atoms with E-state index in [1.807, 2.05) is 4.90 Å². The number of nitrogens with zero attached hydrogens (tertiary/aromatic N) is 5. The van der Waals surface area contributed by atoms with Crippen molar-refractivity contribution in [1.82, 2.24) is 18.8 Å². The summed E-state index contributed by atoms with van der Waals surface area (Å²) in [6, 6.07) is 11.1. The second kappa shape index (κ2) is 11.9. The third kappa shape index (κ3) is 6.51. The van der Waals surface area contributed by atoms with Crippen molar-refractivity contribution in [3.8, 4) is 17.2 Å². The van der Waals surface area contributed by atoms with Crippen LogP contribution in [0.2, 0.25) is 5.02 Å². The molecule has 2 aromatic carbocycles. The minimum absolute atomic E-state index is 0.0244. The highest BCUT2D eigenvalue weighted by molar-refractivity contribution is 7.87. The monoisotopic (exact) mass is 618 g/mol. The van der Waals surface area contributed by atoms with Crippen LogP contribution in [0, 0.1) is 15.5 Å². The molecule has 0 spiro atoms. The van der Waals surface area contributed by atoms with Gasteiger partial charge in [-0.3, -0.25) is 14.9 Å². The lowest BCUT2D eigenvalue weighted by molar-refractivity contribution is -0.385. The van der Waals surface area contributed by atoms with E-state index in [9.17, 15) is 23.3 Å². The van der Waals surface area contributed by atoms with Gasteiger partial charge in [-0.05, 0) is 42.7 Å². The van der Waals surface area contributed by atoms with Crippen molar-refractivity contribution in [3.63, 3.8) is 0 Å². The number of nitro groups is 1. The Morgan fingerprint density at radius 3 is 2.52 bits per heavy atom. The minimum Gasteiger partial charge on any atom is -0.490 e. The zero-order chi connectivity index (χ0) is 30.1. The fourth-order valence-corrected chi connectivity index (χ4v) is 5.97. The predicted octanol–water partition coefficient (Wildman–Crippen LogP) is 3.14. The molecule has 0 radical (unpaired) electrons.